The summed E-state index contributed by atoms with van der Waals surface area (Å²) in [5.41, 5.74) is 0. The Bertz CT molecular complexity index is 268. The Morgan fingerprint density at radius 1 is 1.54 bits per heavy atom. The lowest BCUT2D eigenvalue weighted by Gasteiger charge is -2.02. The van der Waals surface area contributed by atoms with Gasteiger partial charge in [0.15, 0.2) is 6.34 Å². The van der Waals surface area contributed by atoms with E-state index in [1.807, 2.05) is 0 Å². The molecule has 1 rings (SSSR count). The molecule has 0 aromatic carbocycles. The molecule has 1 aromatic rings. The summed E-state index contributed by atoms with van der Waals surface area (Å²) in [4.78, 5) is 7.46. The number of nitrogens with zero attached hydrogens (tertiary/aromatic N) is 4. The smallest absolute Gasteiger partial charge is 0.385 e. The monoisotopic (exact) mass is 194 g/mol. The maximum absolute atomic E-state index is 11.5. The molecule has 0 aliphatic carbocycles. The van der Waals surface area contributed by atoms with Gasteiger partial charge in [0, 0.05) is 0 Å². The zero-order chi connectivity index (χ0) is 9.73. The second-order valence-corrected chi connectivity index (χ2v) is 1.98. The van der Waals surface area contributed by atoms with Crippen molar-refractivity contribution in [3.8, 4) is 0 Å². The minimum Gasteiger partial charge on any atom is -0.385 e. The molecular formula is C5H5F3N4O. The summed E-state index contributed by atoms with van der Waals surface area (Å²) in [7, 11) is 0. The zero-order valence-electron chi connectivity index (χ0n) is 6.27. The number of aromatic nitrogens is 3. The van der Waals surface area contributed by atoms with Crippen LogP contribution in [-0.2, 0) is 4.84 Å². The van der Waals surface area contributed by atoms with Gasteiger partial charge in [0.05, 0.1) is 0 Å². The van der Waals surface area contributed by atoms with Crippen molar-refractivity contribution in [1.29, 1.82) is 0 Å². The topological polar surface area (TPSA) is 52.3 Å². The van der Waals surface area contributed by atoms with Crippen LogP contribution in [0.2, 0.25) is 0 Å². The van der Waals surface area contributed by atoms with Gasteiger partial charge in [-0.05, 0) is 0 Å². The van der Waals surface area contributed by atoms with Crippen LogP contribution in [0, 0.1) is 0 Å². The Labute approximate surface area is 70.8 Å². The highest BCUT2D eigenvalue weighted by atomic mass is 19.4. The molecule has 0 saturated carbocycles. The van der Waals surface area contributed by atoms with E-state index in [0.29, 0.717) is 0 Å². The van der Waals surface area contributed by atoms with E-state index < -0.39 is 12.8 Å². The van der Waals surface area contributed by atoms with Crippen molar-refractivity contribution in [2.24, 2.45) is 5.16 Å². The highest BCUT2D eigenvalue weighted by Gasteiger charge is 2.28. The van der Waals surface area contributed by atoms with Gasteiger partial charge >= 0.3 is 6.18 Å². The fraction of sp³-hybridized carbons (Fsp3) is 0.400. The Balaban J connectivity index is 2.27. The van der Waals surface area contributed by atoms with Gasteiger partial charge in [0.2, 0.25) is 6.61 Å². The van der Waals surface area contributed by atoms with Crippen molar-refractivity contribution in [3.63, 3.8) is 0 Å². The van der Waals surface area contributed by atoms with Crippen LogP contribution < -0.4 is 0 Å². The first-order valence-electron chi connectivity index (χ1n) is 3.14. The molecule has 8 heteroatoms. The molecule has 72 valence electrons. The van der Waals surface area contributed by atoms with E-state index in [0.717, 1.165) is 11.0 Å². The van der Waals surface area contributed by atoms with E-state index in [9.17, 15) is 13.2 Å². The van der Waals surface area contributed by atoms with Crippen LogP contribution in [0.1, 0.15) is 0 Å². The highest BCUT2D eigenvalue weighted by molar-refractivity contribution is 5.54. The Morgan fingerprint density at radius 2 is 2.31 bits per heavy atom. The van der Waals surface area contributed by atoms with Crippen LogP contribution in [0.3, 0.4) is 0 Å². The van der Waals surface area contributed by atoms with Gasteiger partial charge in [-0.1, -0.05) is 5.16 Å². The summed E-state index contributed by atoms with van der Waals surface area (Å²) in [6.07, 6.45) is -0.922. The average molecular weight is 194 g/mol. The number of rotatable bonds is 3. The molecule has 0 radical (unpaired) electrons. The van der Waals surface area contributed by atoms with Crippen LogP contribution in [0.15, 0.2) is 17.8 Å². The minimum absolute atomic E-state index is 0.971. The van der Waals surface area contributed by atoms with Gasteiger partial charge in [0.1, 0.15) is 12.7 Å². The second kappa shape index (κ2) is 3.87. The van der Waals surface area contributed by atoms with Crippen molar-refractivity contribution in [2.75, 3.05) is 6.61 Å². The van der Waals surface area contributed by atoms with Crippen LogP contribution in [-0.4, -0.2) is 33.9 Å². The summed E-state index contributed by atoms with van der Waals surface area (Å²) in [6.45, 7) is -1.42. The van der Waals surface area contributed by atoms with Crippen LogP contribution in [0.5, 0.6) is 0 Å². The molecule has 0 aliphatic heterocycles. The molecule has 0 amide bonds. The lowest BCUT2D eigenvalue weighted by Crippen LogP contribution is -2.15. The maximum atomic E-state index is 11.5. The number of hydrogen-bond donors (Lipinski definition) is 0. The van der Waals surface area contributed by atoms with Gasteiger partial charge in [-0.2, -0.15) is 18.3 Å². The summed E-state index contributed by atoms with van der Waals surface area (Å²) in [5, 5.41) is 6.56. The van der Waals surface area contributed by atoms with Crippen molar-refractivity contribution in [3.05, 3.63) is 12.7 Å². The quantitative estimate of drug-likeness (QED) is 0.403. The second-order valence-electron chi connectivity index (χ2n) is 1.98. The third-order valence-electron chi connectivity index (χ3n) is 0.905. The average Bonchev–Trinajstić information content (AvgIpc) is 2.48. The molecule has 0 bridgehead atoms. The summed E-state index contributed by atoms with van der Waals surface area (Å²) in [5.74, 6) is 0. The first-order chi connectivity index (χ1) is 6.08. The van der Waals surface area contributed by atoms with Crippen LogP contribution in [0.4, 0.5) is 13.2 Å². The molecular weight excluding hydrogens is 189 g/mol. The predicted octanol–water partition coefficient (Wildman–Crippen LogP) is 0.648. The van der Waals surface area contributed by atoms with Crippen molar-refractivity contribution in [1.82, 2.24) is 14.8 Å². The number of hydrogen-bond acceptors (Lipinski definition) is 4. The number of oxime groups is 1. The van der Waals surface area contributed by atoms with Gasteiger partial charge in [0.25, 0.3) is 0 Å². The summed E-state index contributed by atoms with van der Waals surface area (Å²) < 4.78 is 35.6. The van der Waals surface area contributed by atoms with Crippen LogP contribution in [0.25, 0.3) is 0 Å². The third-order valence-corrected chi connectivity index (χ3v) is 0.905. The van der Waals surface area contributed by atoms with E-state index in [1.54, 1.807) is 0 Å². The van der Waals surface area contributed by atoms with E-state index >= 15 is 0 Å². The summed E-state index contributed by atoms with van der Waals surface area (Å²) >= 11 is 0. The molecule has 13 heavy (non-hydrogen) atoms. The lowest BCUT2D eigenvalue weighted by atomic mass is 10.7. The molecule has 0 unspecified atom stereocenters. The lowest BCUT2D eigenvalue weighted by molar-refractivity contribution is -0.173. The predicted molar refractivity (Wildman–Crippen MR) is 35.9 cm³/mol. The van der Waals surface area contributed by atoms with Gasteiger partial charge in [-0.25, -0.2) is 9.67 Å². The largest absolute Gasteiger partial charge is 0.425 e. The van der Waals surface area contributed by atoms with Gasteiger partial charge < -0.3 is 4.84 Å². The molecule has 0 fully saturated rings. The van der Waals surface area contributed by atoms with E-state index in [2.05, 4.69) is 20.1 Å². The standard InChI is InChI=1S/C5H5F3N4O/c6-5(7,8)1-13-11-4-12-3-9-2-10-12/h2-4H,1H2/b11-4+. The molecule has 0 aliphatic rings. The van der Waals surface area contributed by atoms with Crippen LogP contribution >= 0.6 is 0 Å². The molecule has 5 nitrogen and oxygen atoms in total. The Kier molecular flexibility index (Phi) is 2.83. The molecule has 1 heterocycles. The van der Waals surface area contributed by atoms with E-state index in [1.165, 1.54) is 12.7 Å². The van der Waals surface area contributed by atoms with E-state index in [4.69, 9.17) is 0 Å². The minimum atomic E-state index is -4.38. The molecule has 0 saturated heterocycles. The Morgan fingerprint density at radius 3 is 2.85 bits per heavy atom. The molecule has 0 spiro atoms. The fourth-order valence-electron chi connectivity index (χ4n) is 0.469. The summed E-state index contributed by atoms with van der Waals surface area (Å²) in [6, 6.07) is 0. The highest BCUT2D eigenvalue weighted by Crippen LogP contribution is 2.14. The molecule has 0 atom stereocenters. The fourth-order valence-corrected chi connectivity index (χ4v) is 0.469. The van der Waals surface area contributed by atoms with E-state index in [-0.39, 0.29) is 0 Å². The first-order valence-corrected chi connectivity index (χ1v) is 3.14. The molecule has 0 N–H and O–H groups in total. The SMILES string of the molecule is FC(F)(F)CO/N=C/n1cncn1. The van der Waals surface area contributed by atoms with Crippen molar-refractivity contribution < 1.29 is 18.0 Å². The molecule has 1 aromatic heterocycles. The number of halogens is 3. The maximum Gasteiger partial charge on any atom is 0.425 e. The zero-order valence-corrected chi connectivity index (χ0v) is 6.27. The first kappa shape index (κ1) is 9.49. The normalized spacial score (nSPS) is 12.2. The third kappa shape index (κ3) is 4.09. The van der Waals surface area contributed by atoms with Crippen molar-refractivity contribution in [2.45, 2.75) is 6.18 Å². The van der Waals surface area contributed by atoms with Gasteiger partial charge in [-0.15, -0.1) is 0 Å². The van der Waals surface area contributed by atoms with Crippen molar-refractivity contribution >= 4 is 6.34 Å². The van der Waals surface area contributed by atoms with Gasteiger partial charge in [-0.3, -0.25) is 0 Å². The number of alkyl halides is 3. The Hall–Kier alpha value is -1.60.